The highest BCUT2D eigenvalue weighted by Crippen LogP contribution is 2.61. The molecule has 0 aromatic heterocycles. The molecule has 0 aliphatic heterocycles. The van der Waals surface area contributed by atoms with Gasteiger partial charge in [0, 0.05) is 0 Å². The number of hydrogen-bond acceptors (Lipinski definition) is 4. The van der Waals surface area contributed by atoms with E-state index in [9.17, 15) is 14.7 Å². The molecule has 1 aromatic carbocycles. The van der Waals surface area contributed by atoms with Gasteiger partial charge in [-0.05, 0) is 62.3 Å². The minimum atomic E-state index is -0.703. The van der Waals surface area contributed by atoms with Gasteiger partial charge in [-0.3, -0.25) is 9.59 Å². The predicted octanol–water partition coefficient (Wildman–Crippen LogP) is 3.52. The van der Waals surface area contributed by atoms with Crippen molar-refractivity contribution in [3.05, 3.63) is 35.9 Å². The summed E-state index contributed by atoms with van der Waals surface area (Å²) in [6, 6.07) is 9.81. The second-order valence-electron chi connectivity index (χ2n) is 9.36. The van der Waals surface area contributed by atoms with Gasteiger partial charge in [0.05, 0.1) is 17.1 Å². The molecule has 4 aliphatic rings. The van der Waals surface area contributed by atoms with Gasteiger partial charge in [-0.1, -0.05) is 43.7 Å². The van der Waals surface area contributed by atoms with Crippen LogP contribution in [0.1, 0.15) is 69.9 Å². The zero-order chi connectivity index (χ0) is 19.8. The summed E-state index contributed by atoms with van der Waals surface area (Å²) in [6.07, 6.45) is 6.63. The molecule has 4 saturated carbocycles. The fourth-order valence-electron chi connectivity index (χ4n) is 6.27. The summed E-state index contributed by atoms with van der Waals surface area (Å²) in [5.41, 5.74) is -0.223. The molecule has 5 atom stereocenters. The molecule has 28 heavy (non-hydrogen) atoms. The van der Waals surface area contributed by atoms with Gasteiger partial charge < -0.3 is 15.2 Å². The molecule has 1 amide bonds. The van der Waals surface area contributed by atoms with Crippen molar-refractivity contribution >= 4 is 11.9 Å². The normalized spacial score (nSPS) is 34.1. The molecule has 0 saturated heterocycles. The van der Waals surface area contributed by atoms with E-state index in [1.165, 1.54) is 0 Å². The van der Waals surface area contributed by atoms with Crippen LogP contribution < -0.4 is 5.32 Å². The van der Waals surface area contributed by atoms with Crippen molar-refractivity contribution in [2.24, 2.45) is 17.3 Å². The molecule has 2 N–H and O–H groups in total. The van der Waals surface area contributed by atoms with Crippen LogP contribution in [0.2, 0.25) is 0 Å². The molecule has 4 fully saturated rings. The van der Waals surface area contributed by atoms with Gasteiger partial charge in [0.1, 0.15) is 0 Å². The third-order valence-electron chi connectivity index (χ3n) is 6.91. The first-order valence-corrected chi connectivity index (χ1v) is 10.7. The molecule has 4 bridgehead atoms. The van der Waals surface area contributed by atoms with Gasteiger partial charge >= 0.3 is 5.97 Å². The molecule has 152 valence electrons. The highest BCUT2D eigenvalue weighted by atomic mass is 16.5. The second kappa shape index (κ2) is 7.51. The summed E-state index contributed by atoms with van der Waals surface area (Å²) >= 11 is 0. The maximum atomic E-state index is 12.9. The van der Waals surface area contributed by atoms with E-state index in [4.69, 9.17) is 4.74 Å². The zero-order valence-corrected chi connectivity index (χ0v) is 16.7. The summed E-state index contributed by atoms with van der Waals surface area (Å²) in [5, 5.41) is 13.8. The number of nitrogens with one attached hydrogen (secondary N) is 1. The Labute approximate surface area is 166 Å². The van der Waals surface area contributed by atoms with E-state index in [1.54, 1.807) is 0 Å². The van der Waals surface area contributed by atoms with Crippen molar-refractivity contribution in [3.63, 3.8) is 0 Å². The Hall–Kier alpha value is -1.88. The van der Waals surface area contributed by atoms with Crippen molar-refractivity contribution in [3.8, 4) is 0 Å². The largest absolute Gasteiger partial charge is 0.455 e. The minimum Gasteiger partial charge on any atom is -0.455 e. The number of rotatable bonds is 7. The van der Waals surface area contributed by atoms with E-state index in [-0.39, 0.29) is 24.5 Å². The van der Waals surface area contributed by atoms with Crippen LogP contribution >= 0.6 is 0 Å². The Morgan fingerprint density at radius 1 is 1.18 bits per heavy atom. The Bertz CT molecular complexity index is 717. The SMILES string of the molecule is CCC[C@H](NC(=O)COC(=O)C12C[C@@H]3C[C@@H](CC(O)(C3)C1)C2)c1ccccc1. The quantitative estimate of drug-likeness (QED) is 0.704. The van der Waals surface area contributed by atoms with E-state index >= 15 is 0 Å². The van der Waals surface area contributed by atoms with Gasteiger partial charge in [-0.25, -0.2) is 0 Å². The van der Waals surface area contributed by atoms with Crippen LogP contribution in [-0.4, -0.2) is 29.2 Å². The van der Waals surface area contributed by atoms with E-state index in [2.05, 4.69) is 12.2 Å². The molecule has 5 heteroatoms. The second-order valence-corrected chi connectivity index (χ2v) is 9.36. The number of benzene rings is 1. The van der Waals surface area contributed by atoms with E-state index in [1.807, 2.05) is 30.3 Å². The van der Waals surface area contributed by atoms with E-state index in [0.29, 0.717) is 18.3 Å². The number of carbonyl (C=O) groups excluding carboxylic acids is 2. The Morgan fingerprint density at radius 3 is 2.46 bits per heavy atom. The fourth-order valence-corrected chi connectivity index (χ4v) is 6.27. The molecule has 4 aliphatic carbocycles. The number of amides is 1. The lowest BCUT2D eigenvalue weighted by atomic mass is 9.48. The van der Waals surface area contributed by atoms with Crippen molar-refractivity contribution in [2.45, 2.75) is 69.9 Å². The lowest BCUT2D eigenvalue weighted by Crippen LogP contribution is -2.58. The lowest BCUT2D eigenvalue weighted by Gasteiger charge is -2.58. The number of carbonyl (C=O) groups is 2. The molecule has 1 aromatic rings. The molecule has 0 radical (unpaired) electrons. The van der Waals surface area contributed by atoms with Crippen LogP contribution in [0.4, 0.5) is 0 Å². The summed E-state index contributed by atoms with van der Waals surface area (Å²) in [5.74, 6) is 0.278. The van der Waals surface area contributed by atoms with Crippen LogP contribution in [0.3, 0.4) is 0 Å². The standard InChI is InChI=1S/C23H31NO4/c1-2-6-19(18-7-4-3-5-8-18)24-20(25)14-28-21(26)22-10-16-9-17(11-22)13-23(27,12-16)15-22/h3-5,7-8,16-17,19,27H,2,6,9-15H2,1H3,(H,24,25)/t16-,17+,19-,22?,23?/m0/s1. The molecule has 5 nitrogen and oxygen atoms in total. The summed E-state index contributed by atoms with van der Waals surface area (Å²) in [6.45, 7) is 1.83. The van der Waals surface area contributed by atoms with Gasteiger partial charge in [-0.15, -0.1) is 0 Å². The van der Waals surface area contributed by atoms with E-state index in [0.717, 1.165) is 50.5 Å². The van der Waals surface area contributed by atoms with Gasteiger partial charge in [0.2, 0.25) is 0 Å². The average Bonchev–Trinajstić information content (AvgIpc) is 2.64. The van der Waals surface area contributed by atoms with Crippen molar-refractivity contribution in [2.75, 3.05) is 6.61 Å². The highest BCUT2D eigenvalue weighted by molar-refractivity contribution is 5.83. The highest BCUT2D eigenvalue weighted by Gasteiger charge is 2.60. The maximum absolute atomic E-state index is 12.9. The summed E-state index contributed by atoms with van der Waals surface area (Å²) in [7, 11) is 0. The zero-order valence-electron chi connectivity index (χ0n) is 16.7. The van der Waals surface area contributed by atoms with Gasteiger partial charge in [-0.2, -0.15) is 0 Å². The molecular formula is C23H31NO4. The predicted molar refractivity (Wildman–Crippen MR) is 105 cm³/mol. The van der Waals surface area contributed by atoms with Crippen LogP contribution in [0.15, 0.2) is 30.3 Å². The van der Waals surface area contributed by atoms with Crippen molar-refractivity contribution in [1.29, 1.82) is 0 Å². The fraction of sp³-hybridized carbons (Fsp3) is 0.652. The first-order valence-electron chi connectivity index (χ1n) is 10.7. The van der Waals surface area contributed by atoms with Crippen LogP contribution in [0.5, 0.6) is 0 Å². The Morgan fingerprint density at radius 2 is 1.86 bits per heavy atom. The summed E-state index contributed by atoms with van der Waals surface area (Å²) < 4.78 is 5.49. The first-order chi connectivity index (χ1) is 13.4. The summed E-state index contributed by atoms with van der Waals surface area (Å²) in [4.78, 5) is 25.4. The lowest BCUT2D eigenvalue weighted by molar-refractivity contribution is -0.196. The van der Waals surface area contributed by atoms with Gasteiger partial charge in [0.25, 0.3) is 5.91 Å². The molecule has 2 unspecified atom stereocenters. The van der Waals surface area contributed by atoms with Crippen LogP contribution in [-0.2, 0) is 14.3 Å². The average molecular weight is 386 g/mol. The van der Waals surface area contributed by atoms with Crippen LogP contribution in [0.25, 0.3) is 0 Å². The van der Waals surface area contributed by atoms with Gasteiger partial charge in [0.15, 0.2) is 6.61 Å². The molecule has 0 spiro atoms. The topological polar surface area (TPSA) is 75.6 Å². The number of hydrogen-bond donors (Lipinski definition) is 2. The Kier molecular flexibility index (Phi) is 5.21. The monoisotopic (exact) mass is 385 g/mol. The van der Waals surface area contributed by atoms with E-state index < -0.39 is 11.0 Å². The van der Waals surface area contributed by atoms with Crippen molar-refractivity contribution < 1.29 is 19.4 Å². The van der Waals surface area contributed by atoms with Crippen molar-refractivity contribution in [1.82, 2.24) is 5.32 Å². The number of aliphatic hydroxyl groups is 1. The third kappa shape index (κ3) is 3.82. The number of ether oxygens (including phenoxy) is 1. The minimum absolute atomic E-state index is 0.0716. The Balaban J connectivity index is 1.35. The number of esters is 1. The molecule has 5 rings (SSSR count). The first kappa shape index (κ1) is 19.4. The third-order valence-corrected chi connectivity index (χ3v) is 6.91. The smallest absolute Gasteiger partial charge is 0.312 e. The van der Waals surface area contributed by atoms with Crippen LogP contribution in [0, 0.1) is 17.3 Å². The molecule has 0 heterocycles. The maximum Gasteiger partial charge on any atom is 0.312 e. The molecular weight excluding hydrogens is 354 g/mol.